The van der Waals surface area contributed by atoms with Gasteiger partial charge in [-0.05, 0) is 31.0 Å². The summed E-state index contributed by atoms with van der Waals surface area (Å²) < 4.78 is 13.5. The third-order valence-electron chi connectivity index (χ3n) is 2.88. The second-order valence-corrected chi connectivity index (χ2v) is 4.31. The molecule has 19 heavy (non-hydrogen) atoms. The van der Waals surface area contributed by atoms with Gasteiger partial charge < -0.3 is 10.7 Å². The van der Waals surface area contributed by atoms with Gasteiger partial charge in [0.2, 0.25) is 0 Å². The first-order chi connectivity index (χ1) is 9.10. The van der Waals surface area contributed by atoms with Crippen LogP contribution in [0, 0.1) is 12.7 Å². The topological polar surface area (TPSA) is 75.9 Å². The average Bonchev–Trinajstić information content (AvgIpc) is 2.42. The lowest BCUT2D eigenvalue weighted by atomic mass is 10.1. The number of nitrogen functional groups attached to an aromatic ring is 1. The van der Waals surface area contributed by atoms with E-state index in [-0.39, 0.29) is 11.9 Å². The van der Waals surface area contributed by atoms with Crippen LogP contribution in [0.1, 0.15) is 24.1 Å². The van der Waals surface area contributed by atoms with E-state index < -0.39 is 0 Å². The van der Waals surface area contributed by atoms with Crippen molar-refractivity contribution in [3.8, 4) is 0 Å². The molecule has 0 spiro atoms. The average molecular weight is 261 g/mol. The van der Waals surface area contributed by atoms with Crippen LogP contribution in [0.15, 0.2) is 30.6 Å². The standard InChI is InChI=1S/C13H16FN5/c1-8-3-4-10(5-11(8)14)9(2)18-12-6-13(19-15)17-7-16-12/h3-7,9H,15H2,1-2H3,(H2,16,17,18,19). The number of hydrogen-bond acceptors (Lipinski definition) is 5. The predicted octanol–water partition coefficient (Wildman–Crippen LogP) is 2.38. The highest BCUT2D eigenvalue weighted by Crippen LogP contribution is 2.20. The molecule has 0 amide bonds. The minimum atomic E-state index is -0.210. The monoisotopic (exact) mass is 261 g/mol. The van der Waals surface area contributed by atoms with Gasteiger partial charge in [-0.2, -0.15) is 0 Å². The summed E-state index contributed by atoms with van der Waals surface area (Å²) in [6, 6.07) is 6.78. The van der Waals surface area contributed by atoms with Crippen LogP contribution in [0.2, 0.25) is 0 Å². The molecule has 0 bridgehead atoms. The molecule has 0 aliphatic rings. The highest BCUT2D eigenvalue weighted by Gasteiger charge is 2.08. The Hall–Kier alpha value is -2.21. The maximum atomic E-state index is 13.5. The van der Waals surface area contributed by atoms with Gasteiger partial charge in [-0.3, -0.25) is 0 Å². The molecule has 0 fully saturated rings. The van der Waals surface area contributed by atoms with Crippen LogP contribution < -0.4 is 16.6 Å². The number of nitrogens with zero attached hydrogens (tertiary/aromatic N) is 2. The number of nitrogens with two attached hydrogens (primary N) is 1. The molecule has 0 aliphatic carbocycles. The number of nitrogens with one attached hydrogen (secondary N) is 2. The molecular weight excluding hydrogens is 245 g/mol. The number of aromatic nitrogens is 2. The lowest BCUT2D eigenvalue weighted by Gasteiger charge is -2.15. The van der Waals surface area contributed by atoms with Crippen LogP contribution in [0.5, 0.6) is 0 Å². The molecule has 1 heterocycles. The number of aryl methyl sites for hydroxylation is 1. The molecule has 1 aromatic carbocycles. The molecule has 0 aliphatic heterocycles. The number of benzene rings is 1. The van der Waals surface area contributed by atoms with E-state index in [0.717, 1.165) is 5.56 Å². The Kier molecular flexibility index (Phi) is 3.91. The van der Waals surface area contributed by atoms with Crippen molar-refractivity contribution < 1.29 is 4.39 Å². The van der Waals surface area contributed by atoms with E-state index in [0.29, 0.717) is 17.2 Å². The van der Waals surface area contributed by atoms with Gasteiger partial charge in [-0.15, -0.1) is 0 Å². The molecule has 5 nitrogen and oxygen atoms in total. The van der Waals surface area contributed by atoms with E-state index in [4.69, 9.17) is 5.84 Å². The molecule has 2 rings (SSSR count). The molecule has 1 aromatic heterocycles. The first-order valence-corrected chi connectivity index (χ1v) is 5.91. The summed E-state index contributed by atoms with van der Waals surface area (Å²) in [4.78, 5) is 8.00. The van der Waals surface area contributed by atoms with Crippen molar-refractivity contribution in [2.75, 3.05) is 10.7 Å². The van der Waals surface area contributed by atoms with E-state index in [1.807, 2.05) is 13.0 Å². The second-order valence-electron chi connectivity index (χ2n) is 4.31. The summed E-state index contributed by atoms with van der Waals surface area (Å²) >= 11 is 0. The highest BCUT2D eigenvalue weighted by molar-refractivity contribution is 5.47. The summed E-state index contributed by atoms with van der Waals surface area (Å²) in [5.74, 6) is 6.20. The van der Waals surface area contributed by atoms with E-state index in [1.165, 1.54) is 12.4 Å². The Morgan fingerprint density at radius 2 is 1.95 bits per heavy atom. The van der Waals surface area contributed by atoms with E-state index in [2.05, 4.69) is 20.7 Å². The Labute approximate surface area is 111 Å². The Morgan fingerprint density at radius 1 is 1.21 bits per heavy atom. The minimum absolute atomic E-state index is 0.0735. The second kappa shape index (κ2) is 5.62. The van der Waals surface area contributed by atoms with Crippen LogP contribution in [0.3, 0.4) is 0 Å². The number of rotatable bonds is 4. The number of anilines is 2. The highest BCUT2D eigenvalue weighted by atomic mass is 19.1. The molecule has 1 atom stereocenters. The zero-order valence-corrected chi connectivity index (χ0v) is 10.8. The van der Waals surface area contributed by atoms with Crippen molar-refractivity contribution in [1.82, 2.24) is 9.97 Å². The molecule has 6 heteroatoms. The van der Waals surface area contributed by atoms with E-state index in [9.17, 15) is 4.39 Å². The van der Waals surface area contributed by atoms with Crippen molar-refractivity contribution in [1.29, 1.82) is 0 Å². The zero-order valence-electron chi connectivity index (χ0n) is 10.8. The fourth-order valence-electron chi connectivity index (χ4n) is 1.70. The third-order valence-corrected chi connectivity index (χ3v) is 2.88. The maximum absolute atomic E-state index is 13.5. The zero-order chi connectivity index (χ0) is 13.8. The summed E-state index contributed by atoms with van der Waals surface area (Å²) in [7, 11) is 0. The maximum Gasteiger partial charge on any atom is 0.145 e. The lowest BCUT2D eigenvalue weighted by molar-refractivity contribution is 0.614. The lowest BCUT2D eigenvalue weighted by Crippen LogP contribution is -2.12. The van der Waals surface area contributed by atoms with Crippen molar-refractivity contribution in [2.24, 2.45) is 5.84 Å². The Balaban J connectivity index is 2.15. The fraction of sp³-hybridized carbons (Fsp3) is 0.231. The smallest absolute Gasteiger partial charge is 0.145 e. The van der Waals surface area contributed by atoms with Crippen molar-refractivity contribution in [2.45, 2.75) is 19.9 Å². The fourth-order valence-corrected chi connectivity index (χ4v) is 1.70. The molecular formula is C13H16FN5. The molecule has 0 saturated heterocycles. The normalized spacial score (nSPS) is 12.0. The van der Waals surface area contributed by atoms with Crippen LogP contribution in [-0.4, -0.2) is 9.97 Å². The molecule has 1 unspecified atom stereocenters. The molecule has 0 radical (unpaired) electrons. The third kappa shape index (κ3) is 3.17. The molecule has 2 aromatic rings. The largest absolute Gasteiger partial charge is 0.363 e. The summed E-state index contributed by atoms with van der Waals surface area (Å²) in [6.07, 6.45) is 1.40. The van der Waals surface area contributed by atoms with Gasteiger partial charge in [0.05, 0.1) is 6.04 Å². The van der Waals surface area contributed by atoms with Gasteiger partial charge in [-0.1, -0.05) is 12.1 Å². The number of halogens is 1. The van der Waals surface area contributed by atoms with Crippen LogP contribution in [0.4, 0.5) is 16.0 Å². The Morgan fingerprint density at radius 3 is 2.63 bits per heavy atom. The predicted molar refractivity (Wildman–Crippen MR) is 73.0 cm³/mol. The molecule has 4 N–H and O–H groups in total. The van der Waals surface area contributed by atoms with Crippen molar-refractivity contribution in [3.63, 3.8) is 0 Å². The van der Waals surface area contributed by atoms with E-state index in [1.54, 1.807) is 19.1 Å². The van der Waals surface area contributed by atoms with Gasteiger partial charge in [0.15, 0.2) is 0 Å². The number of hydrazine groups is 1. The van der Waals surface area contributed by atoms with Crippen LogP contribution in [-0.2, 0) is 0 Å². The Bertz CT molecular complexity index is 573. The van der Waals surface area contributed by atoms with Crippen LogP contribution >= 0.6 is 0 Å². The van der Waals surface area contributed by atoms with E-state index >= 15 is 0 Å². The van der Waals surface area contributed by atoms with Crippen molar-refractivity contribution in [3.05, 3.63) is 47.5 Å². The summed E-state index contributed by atoms with van der Waals surface area (Å²) in [6.45, 7) is 3.67. The number of hydrogen-bond donors (Lipinski definition) is 3. The molecule has 0 saturated carbocycles. The van der Waals surface area contributed by atoms with Gasteiger partial charge in [0.1, 0.15) is 23.8 Å². The minimum Gasteiger partial charge on any atom is -0.363 e. The summed E-state index contributed by atoms with van der Waals surface area (Å²) in [5.41, 5.74) is 3.93. The quantitative estimate of drug-likeness (QED) is 0.582. The SMILES string of the molecule is Cc1ccc(C(C)Nc2cc(NN)ncn2)cc1F. The van der Waals surface area contributed by atoms with Gasteiger partial charge >= 0.3 is 0 Å². The summed E-state index contributed by atoms with van der Waals surface area (Å²) in [5, 5.41) is 3.17. The van der Waals surface area contributed by atoms with Crippen molar-refractivity contribution >= 4 is 11.6 Å². The van der Waals surface area contributed by atoms with Gasteiger partial charge in [0.25, 0.3) is 0 Å². The van der Waals surface area contributed by atoms with Gasteiger partial charge in [0, 0.05) is 6.07 Å². The molecule has 100 valence electrons. The van der Waals surface area contributed by atoms with Gasteiger partial charge in [-0.25, -0.2) is 20.2 Å². The van der Waals surface area contributed by atoms with Crippen LogP contribution in [0.25, 0.3) is 0 Å². The first-order valence-electron chi connectivity index (χ1n) is 5.91. The first kappa shape index (κ1) is 13.2.